The molecule has 0 amide bonds. The second-order valence-corrected chi connectivity index (χ2v) is 4.51. The van der Waals surface area contributed by atoms with E-state index in [1.165, 1.54) is 0 Å². The summed E-state index contributed by atoms with van der Waals surface area (Å²) in [7, 11) is 0. The highest BCUT2D eigenvalue weighted by molar-refractivity contribution is 8.00. The largest absolute Gasteiger partial charge is 0.508 e. The third kappa shape index (κ3) is 3.28. The first-order valence-corrected chi connectivity index (χ1v) is 5.11. The van der Waals surface area contributed by atoms with Gasteiger partial charge in [-0.05, 0) is 25.1 Å². The summed E-state index contributed by atoms with van der Waals surface area (Å²) in [6.07, 6.45) is -0.340. The second kappa shape index (κ2) is 4.53. The molecule has 0 aromatic heterocycles. The predicted molar refractivity (Wildman–Crippen MR) is 55.1 cm³/mol. The van der Waals surface area contributed by atoms with E-state index in [0.29, 0.717) is 0 Å². The molecule has 0 aliphatic heterocycles. The molecule has 1 aromatic carbocycles. The first-order valence-electron chi connectivity index (χ1n) is 4.23. The van der Waals surface area contributed by atoms with Gasteiger partial charge in [0.2, 0.25) is 0 Å². The topological polar surface area (TPSA) is 40.5 Å². The molecule has 0 aliphatic carbocycles. The number of hydrogen-bond donors (Lipinski definition) is 2. The molecule has 1 rings (SSSR count). The van der Waals surface area contributed by atoms with Gasteiger partial charge < -0.3 is 10.2 Å². The number of aliphatic hydroxyl groups excluding tert-OH is 1. The van der Waals surface area contributed by atoms with Gasteiger partial charge in [-0.15, -0.1) is 11.8 Å². The van der Waals surface area contributed by atoms with Crippen molar-refractivity contribution in [3.63, 3.8) is 0 Å². The standard InChI is InChI=1S/C10H14O2S/c1-7(11)8(2)13-10-5-3-4-9(12)6-10/h3-8,11-12H,1-2H3. The van der Waals surface area contributed by atoms with E-state index >= 15 is 0 Å². The fraction of sp³-hybridized carbons (Fsp3) is 0.400. The van der Waals surface area contributed by atoms with E-state index < -0.39 is 0 Å². The van der Waals surface area contributed by atoms with Crippen molar-refractivity contribution in [3.8, 4) is 5.75 Å². The van der Waals surface area contributed by atoms with Crippen molar-refractivity contribution in [1.29, 1.82) is 0 Å². The zero-order valence-corrected chi connectivity index (χ0v) is 8.58. The van der Waals surface area contributed by atoms with Crippen molar-refractivity contribution < 1.29 is 10.2 Å². The third-order valence-corrected chi connectivity index (χ3v) is 3.11. The summed E-state index contributed by atoms with van der Waals surface area (Å²) < 4.78 is 0. The zero-order chi connectivity index (χ0) is 9.84. The summed E-state index contributed by atoms with van der Waals surface area (Å²) in [5.74, 6) is 0.266. The van der Waals surface area contributed by atoms with Crippen molar-refractivity contribution in [2.24, 2.45) is 0 Å². The Morgan fingerprint density at radius 3 is 2.54 bits per heavy atom. The lowest BCUT2D eigenvalue weighted by Gasteiger charge is -2.13. The Balaban J connectivity index is 2.64. The summed E-state index contributed by atoms with van der Waals surface area (Å²) in [5.41, 5.74) is 0. The van der Waals surface area contributed by atoms with Crippen molar-refractivity contribution in [2.45, 2.75) is 30.1 Å². The van der Waals surface area contributed by atoms with Crippen LogP contribution in [0.5, 0.6) is 5.75 Å². The first-order chi connectivity index (χ1) is 6.09. The van der Waals surface area contributed by atoms with E-state index in [-0.39, 0.29) is 17.1 Å². The highest BCUT2D eigenvalue weighted by Gasteiger charge is 2.09. The van der Waals surface area contributed by atoms with Crippen LogP contribution >= 0.6 is 11.8 Å². The third-order valence-electron chi connectivity index (χ3n) is 1.82. The van der Waals surface area contributed by atoms with E-state index in [2.05, 4.69) is 0 Å². The molecule has 0 radical (unpaired) electrons. The SMILES string of the molecule is CC(O)C(C)Sc1cccc(O)c1. The van der Waals surface area contributed by atoms with Gasteiger partial charge in [0.1, 0.15) is 5.75 Å². The van der Waals surface area contributed by atoms with Crippen LogP contribution in [0.3, 0.4) is 0 Å². The van der Waals surface area contributed by atoms with E-state index in [9.17, 15) is 10.2 Å². The highest BCUT2D eigenvalue weighted by Crippen LogP contribution is 2.27. The van der Waals surface area contributed by atoms with Gasteiger partial charge in [0.15, 0.2) is 0 Å². The summed E-state index contributed by atoms with van der Waals surface area (Å²) >= 11 is 1.56. The molecule has 3 heteroatoms. The Labute approximate surface area is 82.6 Å². The summed E-state index contributed by atoms with van der Waals surface area (Å²) in [5, 5.41) is 18.6. The smallest absolute Gasteiger partial charge is 0.116 e. The van der Waals surface area contributed by atoms with E-state index in [0.717, 1.165) is 4.90 Å². The van der Waals surface area contributed by atoms with Crippen molar-refractivity contribution in [2.75, 3.05) is 0 Å². The minimum atomic E-state index is -0.340. The minimum Gasteiger partial charge on any atom is -0.508 e. The van der Waals surface area contributed by atoms with Crippen LogP contribution in [0.2, 0.25) is 0 Å². The van der Waals surface area contributed by atoms with Gasteiger partial charge in [0.05, 0.1) is 6.10 Å². The molecule has 2 nitrogen and oxygen atoms in total. The molecule has 1 aromatic rings. The van der Waals surface area contributed by atoms with Gasteiger partial charge >= 0.3 is 0 Å². The van der Waals surface area contributed by atoms with Crippen LogP contribution in [-0.2, 0) is 0 Å². The van der Waals surface area contributed by atoms with Crippen LogP contribution in [0.4, 0.5) is 0 Å². The van der Waals surface area contributed by atoms with Crippen LogP contribution in [0, 0.1) is 0 Å². The van der Waals surface area contributed by atoms with E-state index in [1.54, 1.807) is 36.9 Å². The van der Waals surface area contributed by atoms with E-state index in [1.807, 2.05) is 13.0 Å². The molecule has 2 atom stereocenters. The zero-order valence-electron chi connectivity index (χ0n) is 7.77. The van der Waals surface area contributed by atoms with E-state index in [4.69, 9.17) is 0 Å². The molecule has 0 heterocycles. The van der Waals surface area contributed by atoms with Gasteiger partial charge in [-0.3, -0.25) is 0 Å². The maximum absolute atomic E-state index is 9.27. The Morgan fingerprint density at radius 2 is 2.00 bits per heavy atom. The summed E-state index contributed by atoms with van der Waals surface area (Å²) in [4.78, 5) is 0.980. The quantitative estimate of drug-likeness (QED) is 0.732. The van der Waals surface area contributed by atoms with Gasteiger partial charge in [-0.25, -0.2) is 0 Å². The lowest BCUT2D eigenvalue weighted by molar-refractivity contribution is 0.196. The molecular weight excluding hydrogens is 184 g/mol. The molecule has 0 aliphatic rings. The Kier molecular flexibility index (Phi) is 3.63. The number of phenols is 1. The fourth-order valence-corrected chi connectivity index (χ4v) is 1.84. The fourth-order valence-electron chi connectivity index (χ4n) is 0.870. The number of hydrogen-bond acceptors (Lipinski definition) is 3. The summed E-state index contributed by atoms with van der Waals surface area (Å²) in [6.45, 7) is 3.72. The predicted octanol–water partition coefficient (Wildman–Crippen LogP) is 2.25. The van der Waals surface area contributed by atoms with Gasteiger partial charge in [-0.1, -0.05) is 13.0 Å². The molecule has 2 N–H and O–H groups in total. The van der Waals surface area contributed by atoms with Gasteiger partial charge in [-0.2, -0.15) is 0 Å². The maximum atomic E-state index is 9.27. The Morgan fingerprint density at radius 1 is 1.31 bits per heavy atom. The molecule has 2 unspecified atom stereocenters. The van der Waals surface area contributed by atoms with Crippen molar-refractivity contribution >= 4 is 11.8 Å². The van der Waals surface area contributed by atoms with Crippen LogP contribution in [0.1, 0.15) is 13.8 Å². The first kappa shape index (κ1) is 10.4. The molecular formula is C10H14O2S. The van der Waals surface area contributed by atoms with Crippen LogP contribution in [0.25, 0.3) is 0 Å². The number of rotatable bonds is 3. The molecule has 13 heavy (non-hydrogen) atoms. The Hall–Kier alpha value is -0.670. The van der Waals surface area contributed by atoms with Crippen LogP contribution < -0.4 is 0 Å². The molecule has 0 spiro atoms. The average molecular weight is 198 g/mol. The van der Waals surface area contributed by atoms with Gasteiger partial charge in [0.25, 0.3) is 0 Å². The second-order valence-electron chi connectivity index (χ2n) is 3.06. The number of benzene rings is 1. The van der Waals surface area contributed by atoms with Gasteiger partial charge in [0, 0.05) is 10.1 Å². The lowest BCUT2D eigenvalue weighted by atomic mass is 10.3. The number of thioether (sulfide) groups is 1. The molecule has 72 valence electrons. The lowest BCUT2D eigenvalue weighted by Crippen LogP contribution is -2.14. The highest BCUT2D eigenvalue weighted by atomic mass is 32.2. The van der Waals surface area contributed by atoms with Crippen molar-refractivity contribution in [3.05, 3.63) is 24.3 Å². The minimum absolute atomic E-state index is 0.141. The molecule has 0 saturated carbocycles. The van der Waals surface area contributed by atoms with Crippen molar-refractivity contribution in [1.82, 2.24) is 0 Å². The number of phenolic OH excluding ortho intramolecular Hbond substituents is 1. The Bertz CT molecular complexity index is 273. The monoisotopic (exact) mass is 198 g/mol. The molecule has 0 fully saturated rings. The average Bonchev–Trinajstić information content (AvgIpc) is 2.04. The maximum Gasteiger partial charge on any atom is 0.116 e. The molecule has 0 saturated heterocycles. The number of aromatic hydroxyl groups is 1. The normalized spacial score (nSPS) is 15.3. The molecule has 0 bridgehead atoms. The van der Waals surface area contributed by atoms with Crippen LogP contribution in [0.15, 0.2) is 29.2 Å². The number of aliphatic hydroxyl groups is 1. The summed E-state index contributed by atoms with van der Waals surface area (Å²) in [6, 6.07) is 7.05. The van der Waals surface area contributed by atoms with Crippen LogP contribution in [-0.4, -0.2) is 21.6 Å².